The summed E-state index contributed by atoms with van der Waals surface area (Å²) in [7, 11) is 0. The molecule has 0 aliphatic rings. The van der Waals surface area contributed by atoms with E-state index in [-0.39, 0.29) is 5.75 Å². The molecule has 1 aromatic carbocycles. The normalized spacial score (nSPS) is 12.4. The third kappa shape index (κ3) is 2.05. The van der Waals surface area contributed by atoms with Crippen molar-refractivity contribution in [2.24, 2.45) is 0 Å². The summed E-state index contributed by atoms with van der Waals surface area (Å²) in [5.74, 6) is -1.54. The van der Waals surface area contributed by atoms with E-state index in [0.29, 0.717) is 5.56 Å². The average Bonchev–Trinajstić information content (AvgIpc) is 2.17. The van der Waals surface area contributed by atoms with Gasteiger partial charge in [-0.2, -0.15) is 0 Å². The zero-order valence-electron chi connectivity index (χ0n) is 8.32. The van der Waals surface area contributed by atoms with Crippen LogP contribution in [0.15, 0.2) is 18.2 Å². The second-order valence-corrected chi connectivity index (χ2v) is 3.31. The van der Waals surface area contributed by atoms with E-state index < -0.39 is 11.9 Å². The van der Waals surface area contributed by atoms with E-state index in [1.54, 1.807) is 25.1 Å². The van der Waals surface area contributed by atoms with Gasteiger partial charge >= 0.3 is 5.97 Å². The third-order valence-corrected chi connectivity index (χ3v) is 2.34. The fourth-order valence-electron chi connectivity index (χ4n) is 1.30. The molecule has 14 heavy (non-hydrogen) atoms. The lowest BCUT2D eigenvalue weighted by Crippen LogP contribution is -2.07. The van der Waals surface area contributed by atoms with Crippen LogP contribution in [0.5, 0.6) is 5.75 Å². The van der Waals surface area contributed by atoms with Gasteiger partial charge in [-0.1, -0.05) is 19.1 Å². The standard InChI is InChI=1S/C11H14O3/c1-3-8-4-5-10(12)9(6-8)7(2)11(13)14/h4-7,12H,3H2,1-2H3,(H,13,14). The van der Waals surface area contributed by atoms with Gasteiger partial charge in [-0.3, -0.25) is 4.79 Å². The molecule has 0 aliphatic heterocycles. The second-order valence-electron chi connectivity index (χ2n) is 3.31. The van der Waals surface area contributed by atoms with Gasteiger partial charge in [-0.05, 0) is 25.0 Å². The maximum absolute atomic E-state index is 10.7. The number of carboxylic acid groups (broad SMARTS) is 1. The summed E-state index contributed by atoms with van der Waals surface area (Å²) in [6, 6.07) is 5.09. The lowest BCUT2D eigenvalue weighted by atomic mass is 9.97. The summed E-state index contributed by atoms with van der Waals surface area (Å²) in [5.41, 5.74) is 1.52. The molecule has 0 aliphatic carbocycles. The quantitative estimate of drug-likeness (QED) is 0.775. The highest BCUT2D eigenvalue weighted by molar-refractivity contribution is 5.76. The maximum Gasteiger partial charge on any atom is 0.310 e. The predicted molar refractivity (Wildman–Crippen MR) is 53.5 cm³/mol. The van der Waals surface area contributed by atoms with Gasteiger partial charge in [0, 0.05) is 5.56 Å². The summed E-state index contributed by atoms with van der Waals surface area (Å²) in [5, 5.41) is 18.3. The second kappa shape index (κ2) is 4.13. The van der Waals surface area contributed by atoms with Crippen LogP contribution in [-0.2, 0) is 11.2 Å². The molecular weight excluding hydrogens is 180 g/mol. The van der Waals surface area contributed by atoms with E-state index >= 15 is 0 Å². The van der Waals surface area contributed by atoms with Crippen LogP contribution < -0.4 is 0 Å². The van der Waals surface area contributed by atoms with Crippen molar-refractivity contribution in [3.8, 4) is 5.75 Å². The fourth-order valence-corrected chi connectivity index (χ4v) is 1.30. The Kier molecular flexibility index (Phi) is 3.12. The topological polar surface area (TPSA) is 57.5 Å². The SMILES string of the molecule is CCc1ccc(O)c(C(C)C(=O)O)c1. The van der Waals surface area contributed by atoms with Crippen molar-refractivity contribution in [2.45, 2.75) is 26.2 Å². The Morgan fingerprint density at radius 1 is 1.50 bits per heavy atom. The molecule has 0 bridgehead atoms. The number of hydrogen-bond donors (Lipinski definition) is 2. The van der Waals surface area contributed by atoms with Crippen LogP contribution in [0.3, 0.4) is 0 Å². The van der Waals surface area contributed by atoms with Gasteiger partial charge in [0.05, 0.1) is 5.92 Å². The Morgan fingerprint density at radius 2 is 2.14 bits per heavy atom. The molecule has 0 saturated carbocycles. The predicted octanol–water partition coefficient (Wildman–Crippen LogP) is 2.14. The van der Waals surface area contributed by atoms with Crippen LogP contribution in [0.4, 0.5) is 0 Å². The van der Waals surface area contributed by atoms with E-state index in [0.717, 1.165) is 12.0 Å². The smallest absolute Gasteiger partial charge is 0.310 e. The number of aryl methyl sites for hydroxylation is 1. The van der Waals surface area contributed by atoms with Gasteiger partial charge in [0.25, 0.3) is 0 Å². The summed E-state index contributed by atoms with van der Waals surface area (Å²) in [6.45, 7) is 3.55. The van der Waals surface area contributed by atoms with E-state index in [1.165, 1.54) is 0 Å². The first kappa shape index (κ1) is 10.6. The van der Waals surface area contributed by atoms with Crippen molar-refractivity contribution < 1.29 is 15.0 Å². The van der Waals surface area contributed by atoms with Crippen LogP contribution >= 0.6 is 0 Å². The molecule has 76 valence electrons. The number of aromatic hydroxyl groups is 1. The number of phenolic OH excluding ortho intramolecular Hbond substituents is 1. The van der Waals surface area contributed by atoms with Crippen molar-refractivity contribution in [1.82, 2.24) is 0 Å². The van der Waals surface area contributed by atoms with E-state index in [4.69, 9.17) is 5.11 Å². The largest absolute Gasteiger partial charge is 0.508 e. The molecule has 0 fully saturated rings. The van der Waals surface area contributed by atoms with Crippen molar-refractivity contribution in [3.05, 3.63) is 29.3 Å². The summed E-state index contributed by atoms with van der Waals surface area (Å²) >= 11 is 0. The molecule has 1 atom stereocenters. The Morgan fingerprint density at radius 3 is 2.64 bits per heavy atom. The summed E-state index contributed by atoms with van der Waals surface area (Å²) in [4.78, 5) is 10.7. The summed E-state index contributed by atoms with van der Waals surface area (Å²) in [6.07, 6.45) is 0.833. The zero-order valence-corrected chi connectivity index (χ0v) is 8.32. The van der Waals surface area contributed by atoms with Crippen molar-refractivity contribution in [1.29, 1.82) is 0 Å². The first-order valence-corrected chi connectivity index (χ1v) is 4.60. The molecule has 0 spiro atoms. The first-order valence-electron chi connectivity index (χ1n) is 4.60. The summed E-state index contributed by atoms with van der Waals surface area (Å²) < 4.78 is 0. The van der Waals surface area contributed by atoms with E-state index in [9.17, 15) is 9.90 Å². The Bertz CT molecular complexity index is 344. The number of rotatable bonds is 3. The number of aliphatic carboxylic acids is 1. The highest BCUT2D eigenvalue weighted by Crippen LogP contribution is 2.26. The number of benzene rings is 1. The molecule has 1 rings (SSSR count). The van der Waals surface area contributed by atoms with Crippen molar-refractivity contribution in [2.75, 3.05) is 0 Å². The van der Waals surface area contributed by atoms with Crippen LogP contribution in [0, 0.1) is 0 Å². The Hall–Kier alpha value is -1.51. The van der Waals surface area contributed by atoms with Crippen LogP contribution in [0.2, 0.25) is 0 Å². The minimum atomic E-state index is -0.923. The molecule has 0 amide bonds. The average molecular weight is 194 g/mol. The molecule has 2 N–H and O–H groups in total. The minimum absolute atomic E-state index is 0.0529. The van der Waals surface area contributed by atoms with Crippen LogP contribution in [0.25, 0.3) is 0 Å². The highest BCUT2D eigenvalue weighted by Gasteiger charge is 2.17. The van der Waals surface area contributed by atoms with Gasteiger partial charge in [-0.25, -0.2) is 0 Å². The molecule has 1 unspecified atom stereocenters. The Balaban J connectivity index is 3.11. The molecule has 3 heteroatoms. The van der Waals surface area contributed by atoms with Gasteiger partial charge in [0.2, 0.25) is 0 Å². The Labute approximate surface area is 83.0 Å². The lowest BCUT2D eigenvalue weighted by molar-refractivity contribution is -0.138. The number of carboxylic acids is 1. The van der Waals surface area contributed by atoms with Crippen molar-refractivity contribution >= 4 is 5.97 Å². The monoisotopic (exact) mass is 194 g/mol. The molecule has 3 nitrogen and oxygen atoms in total. The van der Waals surface area contributed by atoms with Crippen molar-refractivity contribution in [3.63, 3.8) is 0 Å². The van der Waals surface area contributed by atoms with Crippen LogP contribution in [-0.4, -0.2) is 16.2 Å². The van der Waals surface area contributed by atoms with Gasteiger partial charge in [-0.15, -0.1) is 0 Å². The van der Waals surface area contributed by atoms with Crippen LogP contribution in [0.1, 0.15) is 30.9 Å². The molecule has 0 radical (unpaired) electrons. The molecule has 0 saturated heterocycles. The molecular formula is C11H14O3. The number of phenols is 1. The lowest BCUT2D eigenvalue weighted by Gasteiger charge is -2.10. The van der Waals surface area contributed by atoms with Gasteiger partial charge in [0.1, 0.15) is 5.75 Å². The van der Waals surface area contributed by atoms with Gasteiger partial charge in [0.15, 0.2) is 0 Å². The van der Waals surface area contributed by atoms with E-state index in [1.807, 2.05) is 6.92 Å². The minimum Gasteiger partial charge on any atom is -0.508 e. The first-order chi connectivity index (χ1) is 6.56. The molecule has 0 heterocycles. The maximum atomic E-state index is 10.7. The van der Waals surface area contributed by atoms with Gasteiger partial charge < -0.3 is 10.2 Å². The van der Waals surface area contributed by atoms with E-state index in [2.05, 4.69) is 0 Å². The number of hydrogen-bond acceptors (Lipinski definition) is 2. The molecule has 0 aromatic heterocycles. The number of carbonyl (C=O) groups is 1. The third-order valence-electron chi connectivity index (χ3n) is 2.34. The fraction of sp³-hybridized carbons (Fsp3) is 0.364. The zero-order chi connectivity index (χ0) is 10.7. The highest BCUT2D eigenvalue weighted by atomic mass is 16.4. The molecule has 1 aromatic rings.